The number of aromatic nitrogens is 2. The number of hydrogen-bond donors (Lipinski definition) is 1. The van der Waals surface area contributed by atoms with Gasteiger partial charge in [0.1, 0.15) is 0 Å². The molecule has 2 rings (SSSR count). The molecule has 1 aromatic carbocycles. The summed E-state index contributed by atoms with van der Waals surface area (Å²) in [6.07, 6.45) is 3.42. The van der Waals surface area contributed by atoms with Crippen molar-refractivity contribution in [3.63, 3.8) is 0 Å². The van der Waals surface area contributed by atoms with E-state index in [0.29, 0.717) is 11.3 Å². The highest BCUT2D eigenvalue weighted by Gasteiger charge is 2.31. The molecule has 1 heterocycles. The molecule has 0 aliphatic carbocycles. The van der Waals surface area contributed by atoms with E-state index < -0.39 is 5.41 Å². The third-order valence-electron chi connectivity index (χ3n) is 3.42. The second-order valence-corrected chi connectivity index (χ2v) is 5.16. The number of nitrogens with zero attached hydrogens (tertiary/aromatic N) is 2. The summed E-state index contributed by atoms with van der Waals surface area (Å²) in [5, 5.41) is 4.15. The highest BCUT2D eigenvalue weighted by atomic mass is 16.1. The lowest BCUT2D eigenvalue weighted by Gasteiger charge is -2.23. The van der Waals surface area contributed by atoms with Crippen molar-refractivity contribution < 1.29 is 4.79 Å². The minimum Gasteiger partial charge on any atom is -0.399 e. The molecule has 0 saturated carbocycles. The van der Waals surface area contributed by atoms with Crippen LogP contribution in [0.4, 0.5) is 5.69 Å². The fourth-order valence-electron chi connectivity index (χ4n) is 2.05. The number of ketones is 1. The number of carbonyl (C=O) groups is 1. The topological polar surface area (TPSA) is 60.9 Å². The summed E-state index contributed by atoms with van der Waals surface area (Å²) in [4.78, 5) is 12.6. The monoisotopic (exact) mass is 257 g/mol. The van der Waals surface area contributed by atoms with Gasteiger partial charge < -0.3 is 5.73 Å². The van der Waals surface area contributed by atoms with E-state index in [-0.39, 0.29) is 5.78 Å². The molecular formula is C15H19N3O. The molecular weight excluding hydrogens is 238 g/mol. The Hall–Kier alpha value is -2.10. The molecule has 2 aromatic rings. The Labute approximate surface area is 113 Å². The number of rotatable bonds is 4. The van der Waals surface area contributed by atoms with Crippen LogP contribution in [0.15, 0.2) is 36.7 Å². The zero-order chi connectivity index (χ0) is 14.0. The van der Waals surface area contributed by atoms with Crippen LogP contribution in [-0.4, -0.2) is 15.6 Å². The molecule has 0 radical (unpaired) electrons. The van der Waals surface area contributed by atoms with Crippen LogP contribution in [0, 0.1) is 0 Å². The summed E-state index contributed by atoms with van der Waals surface area (Å²) < 4.78 is 1.76. The molecule has 0 aliphatic heterocycles. The lowest BCUT2D eigenvalue weighted by Crippen LogP contribution is -2.28. The van der Waals surface area contributed by atoms with Crippen molar-refractivity contribution in [3.05, 3.63) is 47.8 Å². The first-order valence-corrected chi connectivity index (χ1v) is 6.38. The summed E-state index contributed by atoms with van der Waals surface area (Å²) >= 11 is 0. The number of anilines is 1. The molecule has 0 unspecified atom stereocenters. The molecule has 0 saturated heterocycles. The summed E-state index contributed by atoms with van der Waals surface area (Å²) in [6, 6.07) is 7.44. The van der Waals surface area contributed by atoms with Crippen molar-refractivity contribution in [2.24, 2.45) is 0 Å². The van der Waals surface area contributed by atoms with Crippen molar-refractivity contribution in [1.82, 2.24) is 9.78 Å². The van der Waals surface area contributed by atoms with Crippen molar-refractivity contribution in [2.75, 3.05) is 5.73 Å². The minimum absolute atomic E-state index is 0.0666. The van der Waals surface area contributed by atoms with Gasteiger partial charge in [0, 0.05) is 18.4 Å². The summed E-state index contributed by atoms with van der Waals surface area (Å²) in [5.74, 6) is 0.0666. The average molecular weight is 257 g/mol. The van der Waals surface area contributed by atoms with Gasteiger partial charge in [-0.1, -0.05) is 12.1 Å². The first kappa shape index (κ1) is 13.3. The molecule has 0 fully saturated rings. The van der Waals surface area contributed by atoms with E-state index in [4.69, 9.17) is 5.73 Å². The zero-order valence-corrected chi connectivity index (χ0v) is 11.6. The van der Waals surface area contributed by atoms with Gasteiger partial charge >= 0.3 is 0 Å². The quantitative estimate of drug-likeness (QED) is 0.676. The van der Waals surface area contributed by atoms with Gasteiger partial charge in [0.15, 0.2) is 5.78 Å². The van der Waals surface area contributed by atoms with Gasteiger partial charge in [-0.05, 0) is 38.5 Å². The van der Waals surface area contributed by atoms with E-state index in [0.717, 1.165) is 12.1 Å². The molecule has 0 atom stereocenters. The molecule has 1 aromatic heterocycles. The number of nitrogen functional groups attached to an aromatic ring is 1. The van der Waals surface area contributed by atoms with Gasteiger partial charge in [-0.25, -0.2) is 0 Å². The second kappa shape index (κ2) is 4.88. The maximum absolute atomic E-state index is 12.6. The first-order valence-electron chi connectivity index (χ1n) is 6.38. The number of benzene rings is 1. The Balaban J connectivity index is 2.32. The molecule has 100 valence electrons. The third-order valence-corrected chi connectivity index (χ3v) is 3.42. The molecule has 0 bridgehead atoms. The van der Waals surface area contributed by atoms with Crippen molar-refractivity contribution >= 4 is 11.5 Å². The summed E-state index contributed by atoms with van der Waals surface area (Å²) in [5.41, 5.74) is 7.39. The van der Waals surface area contributed by atoms with E-state index >= 15 is 0 Å². The van der Waals surface area contributed by atoms with Crippen LogP contribution < -0.4 is 5.73 Å². The van der Waals surface area contributed by atoms with Crippen molar-refractivity contribution in [2.45, 2.75) is 32.7 Å². The Morgan fingerprint density at radius 3 is 2.47 bits per heavy atom. The number of carbonyl (C=O) groups excluding carboxylic acids is 1. The van der Waals surface area contributed by atoms with E-state index in [1.165, 1.54) is 0 Å². The van der Waals surface area contributed by atoms with Gasteiger partial charge in [0.25, 0.3) is 0 Å². The van der Waals surface area contributed by atoms with Gasteiger partial charge in [0.2, 0.25) is 0 Å². The molecule has 19 heavy (non-hydrogen) atoms. The lowest BCUT2D eigenvalue weighted by atomic mass is 9.78. The predicted molar refractivity (Wildman–Crippen MR) is 76.1 cm³/mol. The molecule has 0 aliphatic rings. The zero-order valence-electron chi connectivity index (χ0n) is 11.6. The molecule has 0 spiro atoms. The van der Waals surface area contributed by atoms with Crippen LogP contribution in [0.3, 0.4) is 0 Å². The highest BCUT2D eigenvalue weighted by Crippen LogP contribution is 2.28. The molecule has 0 amide bonds. The third kappa shape index (κ3) is 2.52. The largest absolute Gasteiger partial charge is 0.399 e. The molecule has 4 heteroatoms. The number of Topliss-reactive ketones (excluding diaryl/α,β-unsaturated/α-hetero) is 1. The Bertz CT molecular complexity index is 582. The summed E-state index contributed by atoms with van der Waals surface area (Å²) in [7, 11) is 0. The van der Waals surface area contributed by atoms with Crippen LogP contribution >= 0.6 is 0 Å². The van der Waals surface area contributed by atoms with Gasteiger partial charge in [-0.3, -0.25) is 9.48 Å². The maximum atomic E-state index is 12.6. The van der Waals surface area contributed by atoms with E-state index in [1.54, 1.807) is 17.1 Å². The standard InChI is InChI=1S/C15H19N3O/c1-4-18-10-11(9-17-18)14(19)15(2,3)12-5-7-13(16)8-6-12/h5-10H,4,16H2,1-3H3. The highest BCUT2D eigenvalue weighted by molar-refractivity contribution is 6.03. The first-order chi connectivity index (χ1) is 8.95. The van der Waals surface area contributed by atoms with Crippen LogP contribution in [0.1, 0.15) is 36.7 Å². The van der Waals surface area contributed by atoms with Crippen LogP contribution in [0.2, 0.25) is 0 Å². The smallest absolute Gasteiger partial charge is 0.175 e. The SMILES string of the molecule is CCn1cc(C(=O)C(C)(C)c2ccc(N)cc2)cn1. The predicted octanol–water partition coefficient (Wildman–Crippen LogP) is 2.65. The Morgan fingerprint density at radius 1 is 1.32 bits per heavy atom. The Kier molecular flexibility index (Phi) is 3.42. The number of aryl methyl sites for hydroxylation is 1. The van der Waals surface area contributed by atoms with Crippen LogP contribution in [-0.2, 0) is 12.0 Å². The average Bonchev–Trinajstić information content (AvgIpc) is 2.87. The van der Waals surface area contributed by atoms with E-state index in [2.05, 4.69) is 5.10 Å². The van der Waals surface area contributed by atoms with Gasteiger partial charge in [-0.15, -0.1) is 0 Å². The minimum atomic E-state index is -0.588. The normalized spacial score (nSPS) is 11.5. The maximum Gasteiger partial charge on any atom is 0.175 e. The van der Waals surface area contributed by atoms with Gasteiger partial charge in [0.05, 0.1) is 17.2 Å². The van der Waals surface area contributed by atoms with Crippen LogP contribution in [0.5, 0.6) is 0 Å². The van der Waals surface area contributed by atoms with Crippen molar-refractivity contribution in [1.29, 1.82) is 0 Å². The van der Waals surface area contributed by atoms with Crippen molar-refractivity contribution in [3.8, 4) is 0 Å². The number of nitrogens with two attached hydrogens (primary N) is 1. The summed E-state index contributed by atoms with van der Waals surface area (Å²) in [6.45, 7) is 6.59. The van der Waals surface area contributed by atoms with E-state index in [1.807, 2.05) is 45.0 Å². The molecule has 4 nitrogen and oxygen atoms in total. The van der Waals surface area contributed by atoms with Gasteiger partial charge in [-0.2, -0.15) is 5.10 Å². The Morgan fingerprint density at radius 2 is 1.95 bits per heavy atom. The van der Waals surface area contributed by atoms with E-state index in [9.17, 15) is 4.79 Å². The lowest BCUT2D eigenvalue weighted by molar-refractivity contribution is 0.0908. The number of hydrogen-bond acceptors (Lipinski definition) is 3. The second-order valence-electron chi connectivity index (χ2n) is 5.16. The molecule has 2 N–H and O–H groups in total. The fourth-order valence-corrected chi connectivity index (χ4v) is 2.05. The van der Waals surface area contributed by atoms with Crippen LogP contribution in [0.25, 0.3) is 0 Å². The fraction of sp³-hybridized carbons (Fsp3) is 0.333.